The van der Waals surface area contributed by atoms with E-state index >= 15 is 0 Å². The third-order valence-electron chi connectivity index (χ3n) is 3.77. The van der Waals surface area contributed by atoms with Crippen LogP contribution in [-0.4, -0.2) is 21.9 Å². The van der Waals surface area contributed by atoms with E-state index in [0.717, 1.165) is 33.4 Å². The molecule has 4 rings (SSSR count). The molecular formula is C19H15N3OS. The van der Waals surface area contributed by atoms with E-state index in [9.17, 15) is 0 Å². The van der Waals surface area contributed by atoms with Crippen LogP contribution < -0.4 is 4.74 Å². The van der Waals surface area contributed by atoms with Crippen molar-refractivity contribution in [2.75, 3.05) is 7.11 Å². The summed E-state index contributed by atoms with van der Waals surface area (Å²) in [6, 6.07) is 20.1. The fourth-order valence-electron chi connectivity index (χ4n) is 2.54. The molecule has 0 saturated carbocycles. The van der Waals surface area contributed by atoms with Crippen LogP contribution in [0.1, 0.15) is 0 Å². The lowest BCUT2D eigenvalue weighted by atomic mass is 10.1. The zero-order valence-electron chi connectivity index (χ0n) is 13.1. The van der Waals surface area contributed by atoms with E-state index in [-0.39, 0.29) is 0 Å². The number of thiazole rings is 1. The number of aromatic nitrogens is 3. The molecule has 2 aromatic carbocycles. The van der Waals surface area contributed by atoms with E-state index in [2.05, 4.69) is 17.2 Å². The molecule has 0 aliphatic rings. The van der Waals surface area contributed by atoms with Gasteiger partial charge in [0, 0.05) is 16.5 Å². The lowest BCUT2D eigenvalue weighted by molar-refractivity contribution is 0.415. The van der Waals surface area contributed by atoms with Crippen molar-refractivity contribution in [3.05, 3.63) is 72.2 Å². The minimum absolute atomic E-state index is 0.840. The highest BCUT2D eigenvalue weighted by molar-refractivity contribution is 7.12. The van der Waals surface area contributed by atoms with Crippen molar-refractivity contribution < 1.29 is 4.74 Å². The predicted molar refractivity (Wildman–Crippen MR) is 96.7 cm³/mol. The summed E-state index contributed by atoms with van der Waals surface area (Å²) in [6.07, 6.45) is 1.80. The van der Waals surface area contributed by atoms with Crippen LogP contribution in [0, 0.1) is 0 Å². The molecule has 2 heterocycles. The average Bonchev–Trinajstić information content (AvgIpc) is 3.32. The summed E-state index contributed by atoms with van der Waals surface area (Å²) >= 11 is 1.58. The Bertz CT molecular complexity index is 942. The Morgan fingerprint density at radius 1 is 0.917 bits per heavy atom. The Morgan fingerprint density at radius 2 is 1.71 bits per heavy atom. The first-order valence-corrected chi connectivity index (χ1v) is 8.43. The van der Waals surface area contributed by atoms with E-state index in [1.807, 2.05) is 58.6 Å². The van der Waals surface area contributed by atoms with Crippen LogP contribution in [0.15, 0.2) is 72.2 Å². The summed E-state index contributed by atoms with van der Waals surface area (Å²) in [5.74, 6) is 0.840. The molecule has 0 N–H and O–H groups in total. The largest absolute Gasteiger partial charge is 0.497 e. The molecule has 5 heteroatoms. The van der Waals surface area contributed by atoms with Gasteiger partial charge in [-0.15, -0.1) is 11.3 Å². The van der Waals surface area contributed by atoms with Crippen molar-refractivity contribution in [3.8, 4) is 33.4 Å². The lowest BCUT2D eigenvalue weighted by Gasteiger charge is -2.04. The number of rotatable bonds is 4. The fourth-order valence-corrected chi connectivity index (χ4v) is 3.34. The molecule has 0 unspecified atom stereocenters. The molecule has 4 nitrogen and oxygen atoms in total. The molecule has 0 atom stereocenters. The summed E-state index contributed by atoms with van der Waals surface area (Å²) in [6.45, 7) is 0. The van der Waals surface area contributed by atoms with Crippen LogP contribution in [0.2, 0.25) is 0 Å². The molecular weight excluding hydrogens is 318 g/mol. The summed E-state index contributed by atoms with van der Waals surface area (Å²) in [4.78, 5) is 4.74. The fraction of sp³-hybridized carbons (Fsp3) is 0.0526. The summed E-state index contributed by atoms with van der Waals surface area (Å²) < 4.78 is 7.08. The number of hydrogen-bond acceptors (Lipinski definition) is 4. The molecule has 0 fully saturated rings. The highest BCUT2D eigenvalue weighted by Crippen LogP contribution is 2.28. The van der Waals surface area contributed by atoms with Crippen molar-refractivity contribution in [2.24, 2.45) is 0 Å². The van der Waals surface area contributed by atoms with E-state index in [4.69, 9.17) is 9.72 Å². The quantitative estimate of drug-likeness (QED) is 0.545. The van der Waals surface area contributed by atoms with Crippen molar-refractivity contribution >= 4 is 11.3 Å². The molecule has 0 aliphatic carbocycles. The van der Waals surface area contributed by atoms with Crippen LogP contribution in [0.25, 0.3) is 27.6 Å². The molecule has 0 aliphatic heterocycles. The van der Waals surface area contributed by atoms with Gasteiger partial charge in [-0.05, 0) is 30.3 Å². The van der Waals surface area contributed by atoms with E-state index in [1.54, 1.807) is 24.6 Å². The SMILES string of the molecule is COc1ccc(-c2csc(-n3nccc3-c3ccccc3)n2)cc1. The van der Waals surface area contributed by atoms with Crippen molar-refractivity contribution in [1.82, 2.24) is 14.8 Å². The first kappa shape index (κ1) is 14.7. The van der Waals surface area contributed by atoms with Gasteiger partial charge in [-0.25, -0.2) is 9.67 Å². The minimum atomic E-state index is 0.840. The number of nitrogens with zero attached hydrogens (tertiary/aromatic N) is 3. The van der Waals surface area contributed by atoms with Gasteiger partial charge in [-0.3, -0.25) is 0 Å². The van der Waals surface area contributed by atoms with E-state index < -0.39 is 0 Å². The molecule has 0 spiro atoms. The Morgan fingerprint density at radius 3 is 2.46 bits per heavy atom. The minimum Gasteiger partial charge on any atom is -0.497 e. The second kappa shape index (κ2) is 6.29. The standard InChI is InChI=1S/C19H15N3OS/c1-23-16-9-7-14(8-10-16)17-13-24-19(21-17)22-18(11-12-20-22)15-5-3-2-4-6-15/h2-13H,1H3. The number of benzene rings is 2. The van der Waals surface area contributed by atoms with Gasteiger partial charge in [0.1, 0.15) is 5.75 Å². The second-order valence-corrected chi connectivity index (χ2v) is 6.07. The van der Waals surface area contributed by atoms with E-state index in [0.29, 0.717) is 0 Å². The van der Waals surface area contributed by atoms with Crippen LogP contribution in [0.5, 0.6) is 5.75 Å². The molecule has 118 valence electrons. The Balaban J connectivity index is 1.70. The van der Waals surface area contributed by atoms with Gasteiger partial charge < -0.3 is 4.74 Å². The van der Waals surface area contributed by atoms with Gasteiger partial charge in [0.2, 0.25) is 5.13 Å². The van der Waals surface area contributed by atoms with Crippen molar-refractivity contribution in [2.45, 2.75) is 0 Å². The summed E-state index contributed by atoms with van der Waals surface area (Å²) in [7, 11) is 1.67. The van der Waals surface area contributed by atoms with Gasteiger partial charge in [0.05, 0.1) is 24.7 Å². The molecule has 0 bridgehead atoms. The Labute approximate surface area is 144 Å². The Kier molecular flexibility index (Phi) is 3.84. The molecule has 0 saturated heterocycles. The smallest absolute Gasteiger partial charge is 0.211 e. The molecule has 0 radical (unpaired) electrons. The maximum atomic E-state index is 5.20. The van der Waals surface area contributed by atoms with Crippen LogP contribution in [-0.2, 0) is 0 Å². The van der Waals surface area contributed by atoms with Crippen molar-refractivity contribution in [3.63, 3.8) is 0 Å². The molecule has 24 heavy (non-hydrogen) atoms. The zero-order chi connectivity index (χ0) is 16.4. The number of ether oxygens (including phenoxy) is 1. The van der Waals surface area contributed by atoms with Crippen LogP contribution in [0.4, 0.5) is 0 Å². The molecule has 4 aromatic rings. The summed E-state index contributed by atoms with van der Waals surface area (Å²) in [5, 5.41) is 7.34. The van der Waals surface area contributed by atoms with E-state index in [1.165, 1.54) is 0 Å². The highest BCUT2D eigenvalue weighted by atomic mass is 32.1. The number of methoxy groups -OCH3 is 1. The van der Waals surface area contributed by atoms with Gasteiger partial charge in [0.15, 0.2) is 0 Å². The third-order valence-corrected chi connectivity index (χ3v) is 4.59. The van der Waals surface area contributed by atoms with Gasteiger partial charge in [-0.1, -0.05) is 30.3 Å². The van der Waals surface area contributed by atoms with Gasteiger partial charge in [-0.2, -0.15) is 5.10 Å². The first-order valence-electron chi connectivity index (χ1n) is 7.55. The van der Waals surface area contributed by atoms with Crippen LogP contribution in [0.3, 0.4) is 0 Å². The Hall–Kier alpha value is -2.92. The van der Waals surface area contributed by atoms with Crippen LogP contribution >= 0.6 is 11.3 Å². The topological polar surface area (TPSA) is 39.9 Å². The lowest BCUT2D eigenvalue weighted by Crippen LogP contribution is -1.98. The first-order chi connectivity index (χ1) is 11.8. The monoisotopic (exact) mass is 333 g/mol. The zero-order valence-corrected chi connectivity index (χ0v) is 13.9. The number of hydrogen-bond donors (Lipinski definition) is 0. The maximum absolute atomic E-state index is 5.20. The normalized spacial score (nSPS) is 10.7. The second-order valence-electron chi connectivity index (χ2n) is 5.24. The van der Waals surface area contributed by atoms with Gasteiger partial charge in [0.25, 0.3) is 0 Å². The van der Waals surface area contributed by atoms with Gasteiger partial charge >= 0.3 is 0 Å². The summed E-state index contributed by atoms with van der Waals surface area (Å²) in [5.41, 5.74) is 4.15. The highest BCUT2D eigenvalue weighted by Gasteiger charge is 2.11. The predicted octanol–water partition coefficient (Wildman–Crippen LogP) is 4.67. The maximum Gasteiger partial charge on any atom is 0.211 e. The third kappa shape index (κ3) is 2.70. The van der Waals surface area contributed by atoms with Crippen molar-refractivity contribution in [1.29, 1.82) is 0 Å². The average molecular weight is 333 g/mol. The molecule has 0 amide bonds. The molecule has 2 aromatic heterocycles.